The first-order chi connectivity index (χ1) is 13.3. The summed E-state index contributed by atoms with van der Waals surface area (Å²) in [5.74, 6) is 1.10. The zero-order chi connectivity index (χ0) is 18.6. The summed E-state index contributed by atoms with van der Waals surface area (Å²) in [4.78, 5) is 24.2. The standard InChI is InChI=1S/C21H29N5O/c22-15-17-5-3-10-23-21(17)25-12-4-11-24(13-14-25)16-20(27)26(19-8-9-19)18-6-1-2-7-18/h3,5,10,18-19H,1-2,4,6-9,11-14,16H2. The number of carbonyl (C=O) groups is 1. The number of nitriles is 1. The number of aromatic nitrogens is 1. The van der Waals surface area contributed by atoms with E-state index in [1.54, 1.807) is 12.3 Å². The Morgan fingerprint density at radius 2 is 1.89 bits per heavy atom. The van der Waals surface area contributed by atoms with Gasteiger partial charge in [0.15, 0.2) is 0 Å². The first-order valence-electron chi connectivity index (χ1n) is 10.4. The minimum absolute atomic E-state index is 0.327. The summed E-state index contributed by atoms with van der Waals surface area (Å²) in [6, 6.07) is 6.87. The van der Waals surface area contributed by atoms with Gasteiger partial charge in [-0.25, -0.2) is 4.98 Å². The molecule has 0 spiro atoms. The monoisotopic (exact) mass is 367 g/mol. The maximum Gasteiger partial charge on any atom is 0.237 e. The second kappa shape index (κ2) is 8.26. The average Bonchev–Trinajstić information content (AvgIpc) is 3.42. The van der Waals surface area contributed by atoms with Crippen molar-refractivity contribution in [3.05, 3.63) is 23.9 Å². The van der Waals surface area contributed by atoms with Gasteiger partial charge in [0, 0.05) is 44.5 Å². The lowest BCUT2D eigenvalue weighted by Crippen LogP contribution is -2.46. The Bertz CT molecular complexity index is 705. The van der Waals surface area contributed by atoms with Gasteiger partial charge < -0.3 is 9.80 Å². The summed E-state index contributed by atoms with van der Waals surface area (Å²) in [6.07, 6.45) is 10.0. The van der Waals surface area contributed by atoms with Gasteiger partial charge in [0.25, 0.3) is 0 Å². The highest BCUT2D eigenvalue weighted by Crippen LogP contribution is 2.34. The van der Waals surface area contributed by atoms with Gasteiger partial charge in [-0.3, -0.25) is 9.69 Å². The van der Waals surface area contributed by atoms with Crippen molar-refractivity contribution in [2.75, 3.05) is 37.6 Å². The topological polar surface area (TPSA) is 63.5 Å². The highest BCUT2D eigenvalue weighted by atomic mass is 16.2. The normalized spacial score (nSPS) is 21.7. The van der Waals surface area contributed by atoms with Crippen LogP contribution >= 0.6 is 0 Å². The van der Waals surface area contributed by atoms with E-state index >= 15 is 0 Å². The molecule has 0 radical (unpaired) electrons. The summed E-state index contributed by atoms with van der Waals surface area (Å²) in [5.41, 5.74) is 0.628. The molecule has 6 heteroatoms. The SMILES string of the molecule is N#Cc1cccnc1N1CCCN(CC(=O)N(C2CCCC2)C2CC2)CC1. The summed E-state index contributed by atoms with van der Waals surface area (Å²) >= 11 is 0. The van der Waals surface area contributed by atoms with E-state index in [4.69, 9.17) is 0 Å². The summed E-state index contributed by atoms with van der Waals surface area (Å²) in [6.45, 7) is 4.00. The molecule has 3 fully saturated rings. The molecule has 2 heterocycles. The van der Waals surface area contributed by atoms with Crippen LogP contribution in [0.15, 0.2) is 18.3 Å². The van der Waals surface area contributed by atoms with Crippen LogP contribution in [-0.4, -0.2) is 65.5 Å². The third-order valence-corrected chi connectivity index (χ3v) is 6.10. The van der Waals surface area contributed by atoms with Crippen LogP contribution in [0, 0.1) is 11.3 Å². The molecule has 27 heavy (non-hydrogen) atoms. The first-order valence-corrected chi connectivity index (χ1v) is 10.4. The maximum absolute atomic E-state index is 13.1. The third-order valence-electron chi connectivity index (χ3n) is 6.10. The van der Waals surface area contributed by atoms with Crippen molar-refractivity contribution in [2.45, 2.75) is 57.0 Å². The Morgan fingerprint density at radius 3 is 2.63 bits per heavy atom. The molecule has 1 aliphatic heterocycles. The molecule has 1 aromatic rings. The fourth-order valence-corrected chi connectivity index (χ4v) is 4.59. The van der Waals surface area contributed by atoms with E-state index in [0.717, 1.165) is 38.4 Å². The van der Waals surface area contributed by atoms with Gasteiger partial charge in [0.1, 0.15) is 11.9 Å². The molecule has 1 saturated heterocycles. The van der Waals surface area contributed by atoms with Gasteiger partial charge in [-0.1, -0.05) is 12.8 Å². The van der Waals surface area contributed by atoms with Gasteiger partial charge in [-0.2, -0.15) is 5.26 Å². The first kappa shape index (κ1) is 18.2. The molecule has 4 rings (SSSR count). The van der Waals surface area contributed by atoms with Crippen LogP contribution in [0.25, 0.3) is 0 Å². The van der Waals surface area contributed by atoms with Gasteiger partial charge in [-0.15, -0.1) is 0 Å². The second-order valence-corrected chi connectivity index (χ2v) is 8.07. The van der Waals surface area contributed by atoms with Crippen LogP contribution in [0.1, 0.15) is 50.5 Å². The Morgan fingerprint density at radius 1 is 1.11 bits per heavy atom. The Hall–Kier alpha value is -2.13. The summed E-state index contributed by atoms with van der Waals surface area (Å²) in [7, 11) is 0. The van der Waals surface area contributed by atoms with Crippen molar-refractivity contribution in [3.63, 3.8) is 0 Å². The smallest absolute Gasteiger partial charge is 0.237 e. The predicted octanol–water partition coefficient (Wildman–Crippen LogP) is 2.40. The third kappa shape index (κ3) is 4.24. The number of pyridine rings is 1. The zero-order valence-electron chi connectivity index (χ0n) is 16.0. The minimum Gasteiger partial charge on any atom is -0.354 e. The van der Waals surface area contributed by atoms with E-state index in [9.17, 15) is 10.1 Å². The Balaban J connectivity index is 1.37. The molecule has 144 valence electrons. The fourth-order valence-electron chi connectivity index (χ4n) is 4.59. The molecule has 0 N–H and O–H groups in total. The van der Waals surface area contributed by atoms with Crippen molar-refractivity contribution in [1.82, 2.24) is 14.8 Å². The lowest BCUT2D eigenvalue weighted by atomic mass is 10.2. The lowest BCUT2D eigenvalue weighted by Gasteiger charge is -2.31. The predicted molar refractivity (Wildman–Crippen MR) is 104 cm³/mol. The molecule has 0 unspecified atom stereocenters. The second-order valence-electron chi connectivity index (χ2n) is 8.07. The molecule has 0 atom stereocenters. The van der Waals surface area contributed by atoms with Gasteiger partial charge in [0.05, 0.1) is 12.1 Å². The number of nitrogens with zero attached hydrogens (tertiary/aromatic N) is 5. The highest BCUT2D eigenvalue weighted by molar-refractivity contribution is 5.79. The van der Waals surface area contributed by atoms with Crippen molar-refractivity contribution in [1.29, 1.82) is 5.26 Å². The molecule has 3 aliphatic rings. The summed E-state index contributed by atoms with van der Waals surface area (Å²) in [5, 5.41) is 9.34. The van der Waals surface area contributed by atoms with Gasteiger partial charge >= 0.3 is 0 Å². The zero-order valence-corrected chi connectivity index (χ0v) is 16.0. The molecule has 2 saturated carbocycles. The highest BCUT2D eigenvalue weighted by Gasteiger charge is 2.38. The molecule has 0 aromatic carbocycles. The number of rotatable bonds is 5. The maximum atomic E-state index is 13.1. The van der Waals surface area contributed by atoms with Crippen LogP contribution in [0.5, 0.6) is 0 Å². The Labute approximate surface area is 161 Å². The summed E-state index contributed by atoms with van der Waals surface area (Å²) < 4.78 is 0. The number of amides is 1. The van der Waals surface area contributed by atoms with Crippen molar-refractivity contribution < 1.29 is 4.79 Å². The van der Waals surface area contributed by atoms with Crippen LogP contribution in [0.4, 0.5) is 5.82 Å². The van der Waals surface area contributed by atoms with Crippen LogP contribution < -0.4 is 4.90 Å². The van der Waals surface area contributed by atoms with Crippen molar-refractivity contribution in [3.8, 4) is 6.07 Å². The van der Waals surface area contributed by atoms with Crippen molar-refractivity contribution in [2.24, 2.45) is 0 Å². The quantitative estimate of drug-likeness (QED) is 0.800. The number of hydrogen-bond donors (Lipinski definition) is 0. The number of hydrogen-bond acceptors (Lipinski definition) is 5. The Kier molecular flexibility index (Phi) is 5.58. The molecule has 1 aromatic heterocycles. The molecule has 2 aliphatic carbocycles. The minimum atomic E-state index is 0.327. The van der Waals surface area contributed by atoms with Crippen LogP contribution in [0.2, 0.25) is 0 Å². The molecule has 1 amide bonds. The van der Waals surface area contributed by atoms with E-state index in [1.165, 1.54) is 38.5 Å². The van der Waals surface area contributed by atoms with E-state index in [1.807, 2.05) is 6.07 Å². The van der Waals surface area contributed by atoms with E-state index < -0.39 is 0 Å². The lowest BCUT2D eigenvalue weighted by molar-refractivity contribution is -0.135. The molecular weight excluding hydrogens is 338 g/mol. The largest absolute Gasteiger partial charge is 0.354 e. The fraction of sp³-hybridized carbons (Fsp3) is 0.667. The van der Waals surface area contributed by atoms with Crippen LogP contribution in [0.3, 0.4) is 0 Å². The van der Waals surface area contributed by atoms with Crippen LogP contribution in [-0.2, 0) is 4.79 Å². The molecule has 6 nitrogen and oxygen atoms in total. The number of carbonyl (C=O) groups excluding carboxylic acids is 1. The average molecular weight is 367 g/mol. The van der Waals surface area contributed by atoms with Gasteiger partial charge in [-0.05, 0) is 44.2 Å². The van der Waals surface area contributed by atoms with E-state index in [2.05, 4.69) is 25.8 Å². The molecule has 0 bridgehead atoms. The van der Waals surface area contributed by atoms with E-state index in [-0.39, 0.29) is 0 Å². The van der Waals surface area contributed by atoms with E-state index in [0.29, 0.717) is 30.1 Å². The molecular formula is C21H29N5O. The number of anilines is 1. The van der Waals surface area contributed by atoms with Crippen molar-refractivity contribution >= 4 is 11.7 Å². The van der Waals surface area contributed by atoms with Gasteiger partial charge in [0.2, 0.25) is 5.91 Å².